The second kappa shape index (κ2) is 8.72. The molecule has 0 spiro atoms. The molecule has 4 nitrogen and oxygen atoms in total. The first kappa shape index (κ1) is 19.6. The molecule has 0 unspecified atom stereocenters. The number of carbonyl (C=O) groups is 2. The van der Waals surface area contributed by atoms with Crippen molar-refractivity contribution in [2.45, 2.75) is 12.8 Å². The van der Waals surface area contributed by atoms with Gasteiger partial charge in [0.25, 0.3) is 11.8 Å². The van der Waals surface area contributed by atoms with Crippen LogP contribution in [0.5, 0.6) is 0 Å². The van der Waals surface area contributed by atoms with Crippen molar-refractivity contribution in [3.05, 3.63) is 69.5 Å². The van der Waals surface area contributed by atoms with Gasteiger partial charge in [-0.15, -0.1) is 0 Å². The minimum absolute atomic E-state index is 0.0971. The lowest BCUT2D eigenvalue weighted by Crippen LogP contribution is -2.41. The number of rotatable bonds is 4. The molecule has 27 heavy (non-hydrogen) atoms. The zero-order valence-corrected chi connectivity index (χ0v) is 16.1. The van der Waals surface area contributed by atoms with E-state index in [-0.39, 0.29) is 23.3 Å². The van der Waals surface area contributed by atoms with Gasteiger partial charge >= 0.3 is 0 Å². The van der Waals surface area contributed by atoms with E-state index in [1.807, 2.05) is 0 Å². The SMILES string of the molecule is O=C(NCC1CCN(C(=O)c2ccccc2F)CC1)c1cc(Cl)ccc1Cl. The molecule has 0 bridgehead atoms. The monoisotopic (exact) mass is 408 g/mol. The van der Waals surface area contributed by atoms with Crippen LogP contribution in [-0.2, 0) is 0 Å². The first-order valence-corrected chi connectivity index (χ1v) is 9.48. The van der Waals surface area contributed by atoms with E-state index in [1.54, 1.807) is 29.2 Å². The fourth-order valence-corrected chi connectivity index (χ4v) is 3.52. The smallest absolute Gasteiger partial charge is 0.256 e. The Labute approximate surface area is 167 Å². The molecule has 1 saturated heterocycles. The van der Waals surface area contributed by atoms with Crippen LogP contribution >= 0.6 is 23.2 Å². The van der Waals surface area contributed by atoms with E-state index in [0.717, 1.165) is 12.8 Å². The fraction of sp³-hybridized carbons (Fsp3) is 0.300. The molecule has 0 atom stereocenters. The first-order chi connectivity index (χ1) is 13.0. The molecule has 0 aliphatic carbocycles. The molecule has 7 heteroatoms. The van der Waals surface area contributed by atoms with Gasteiger partial charge in [0.2, 0.25) is 0 Å². The summed E-state index contributed by atoms with van der Waals surface area (Å²) in [7, 11) is 0. The van der Waals surface area contributed by atoms with Crippen molar-refractivity contribution >= 4 is 35.0 Å². The van der Waals surface area contributed by atoms with Crippen molar-refractivity contribution in [1.82, 2.24) is 10.2 Å². The number of nitrogens with zero attached hydrogens (tertiary/aromatic N) is 1. The zero-order chi connectivity index (χ0) is 19.4. The second-order valence-electron chi connectivity index (χ2n) is 6.55. The van der Waals surface area contributed by atoms with Crippen LogP contribution in [0.15, 0.2) is 42.5 Å². The van der Waals surface area contributed by atoms with Crippen molar-refractivity contribution in [3.8, 4) is 0 Å². The Bertz CT molecular complexity index is 852. The third-order valence-electron chi connectivity index (χ3n) is 4.73. The van der Waals surface area contributed by atoms with Crippen LogP contribution in [-0.4, -0.2) is 36.3 Å². The average molecular weight is 409 g/mol. The summed E-state index contributed by atoms with van der Waals surface area (Å²) in [5.41, 5.74) is 0.441. The molecule has 0 radical (unpaired) electrons. The van der Waals surface area contributed by atoms with Gasteiger partial charge in [-0.2, -0.15) is 0 Å². The number of hydrogen-bond acceptors (Lipinski definition) is 2. The summed E-state index contributed by atoms with van der Waals surface area (Å²) in [4.78, 5) is 26.4. The van der Waals surface area contributed by atoms with Gasteiger partial charge in [-0.1, -0.05) is 35.3 Å². The van der Waals surface area contributed by atoms with E-state index in [4.69, 9.17) is 23.2 Å². The van der Waals surface area contributed by atoms with Crippen molar-refractivity contribution < 1.29 is 14.0 Å². The lowest BCUT2D eigenvalue weighted by Gasteiger charge is -2.32. The maximum Gasteiger partial charge on any atom is 0.256 e. The third kappa shape index (κ3) is 4.79. The molecule has 3 rings (SSSR count). The Morgan fingerprint density at radius 2 is 1.78 bits per heavy atom. The number of piperidine rings is 1. The van der Waals surface area contributed by atoms with Crippen molar-refractivity contribution in [3.63, 3.8) is 0 Å². The molecule has 2 amide bonds. The predicted octanol–water partition coefficient (Wildman–Crippen LogP) is 4.41. The molecule has 1 aliphatic heterocycles. The largest absolute Gasteiger partial charge is 0.352 e. The summed E-state index contributed by atoms with van der Waals surface area (Å²) >= 11 is 12.0. The molecular weight excluding hydrogens is 390 g/mol. The van der Waals surface area contributed by atoms with Crippen LogP contribution in [0.1, 0.15) is 33.6 Å². The zero-order valence-electron chi connectivity index (χ0n) is 14.6. The van der Waals surface area contributed by atoms with Crippen LogP contribution in [0.3, 0.4) is 0 Å². The lowest BCUT2D eigenvalue weighted by molar-refractivity contribution is 0.0679. The van der Waals surface area contributed by atoms with E-state index < -0.39 is 5.82 Å². The minimum atomic E-state index is -0.504. The number of halogens is 3. The third-order valence-corrected chi connectivity index (χ3v) is 5.30. The highest BCUT2D eigenvalue weighted by Gasteiger charge is 2.25. The molecule has 0 saturated carbocycles. The number of amides is 2. The maximum atomic E-state index is 13.8. The summed E-state index contributed by atoms with van der Waals surface area (Å²) in [6.45, 7) is 1.56. The van der Waals surface area contributed by atoms with Gasteiger partial charge in [0.1, 0.15) is 5.82 Å². The number of nitrogens with one attached hydrogen (secondary N) is 1. The van der Waals surface area contributed by atoms with Crippen molar-refractivity contribution in [2.24, 2.45) is 5.92 Å². The minimum Gasteiger partial charge on any atom is -0.352 e. The molecule has 142 valence electrons. The van der Waals surface area contributed by atoms with E-state index in [1.165, 1.54) is 18.2 Å². The summed E-state index contributed by atoms with van der Waals surface area (Å²) in [5.74, 6) is -0.819. The Morgan fingerprint density at radius 1 is 1.07 bits per heavy atom. The summed E-state index contributed by atoms with van der Waals surface area (Å²) in [5, 5.41) is 3.67. The summed E-state index contributed by atoms with van der Waals surface area (Å²) < 4.78 is 13.8. The predicted molar refractivity (Wildman–Crippen MR) is 104 cm³/mol. The van der Waals surface area contributed by atoms with Gasteiger partial charge in [-0.05, 0) is 49.1 Å². The van der Waals surface area contributed by atoms with E-state index >= 15 is 0 Å². The maximum absolute atomic E-state index is 13.8. The Balaban J connectivity index is 1.51. The van der Waals surface area contributed by atoms with Crippen LogP contribution < -0.4 is 5.32 Å². The highest BCUT2D eigenvalue weighted by atomic mass is 35.5. The number of hydrogen-bond donors (Lipinski definition) is 1. The number of carbonyl (C=O) groups excluding carboxylic acids is 2. The van der Waals surface area contributed by atoms with Crippen LogP contribution in [0.25, 0.3) is 0 Å². The summed E-state index contributed by atoms with van der Waals surface area (Å²) in [6, 6.07) is 10.8. The quantitative estimate of drug-likeness (QED) is 0.813. The molecular formula is C20H19Cl2FN2O2. The first-order valence-electron chi connectivity index (χ1n) is 8.72. The number of benzene rings is 2. The van der Waals surface area contributed by atoms with Gasteiger partial charge in [0.15, 0.2) is 0 Å². The molecule has 1 heterocycles. The Kier molecular flexibility index (Phi) is 6.34. The lowest BCUT2D eigenvalue weighted by atomic mass is 9.96. The average Bonchev–Trinajstić information content (AvgIpc) is 2.68. The van der Waals surface area contributed by atoms with Gasteiger partial charge in [-0.3, -0.25) is 9.59 Å². The molecule has 2 aromatic rings. The van der Waals surface area contributed by atoms with Gasteiger partial charge in [0.05, 0.1) is 16.1 Å². The van der Waals surface area contributed by atoms with Gasteiger partial charge < -0.3 is 10.2 Å². The highest BCUT2D eigenvalue weighted by molar-refractivity contribution is 6.35. The molecule has 1 fully saturated rings. The molecule has 2 aromatic carbocycles. The van der Waals surface area contributed by atoms with Gasteiger partial charge in [-0.25, -0.2) is 4.39 Å². The fourth-order valence-electron chi connectivity index (χ4n) is 3.15. The van der Waals surface area contributed by atoms with Crippen molar-refractivity contribution in [2.75, 3.05) is 19.6 Å². The molecule has 1 aliphatic rings. The molecule has 0 aromatic heterocycles. The standard InChI is InChI=1S/C20H19Cl2FN2O2/c21-14-5-6-17(22)16(11-14)19(26)24-12-13-7-9-25(10-8-13)20(27)15-3-1-2-4-18(15)23/h1-6,11,13H,7-10,12H2,(H,24,26). The van der Waals surface area contributed by atoms with Crippen molar-refractivity contribution in [1.29, 1.82) is 0 Å². The van der Waals surface area contributed by atoms with Crippen LogP contribution in [0, 0.1) is 11.7 Å². The Morgan fingerprint density at radius 3 is 2.48 bits per heavy atom. The summed E-state index contributed by atoms with van der Waals surface area (Å²) in [6.07, 6.45) is 1.48. The number of likely N-dealkylation sites (tertiary alicyclic amines) is 1. The highest BCUT2D eigenvalue weighted by Crippen LogP contribution is 2.22. The topological polar surface area (TPSA) is 49.4 Å². The second-order valence-corrected chi connectivity index (χ2v) is 7.39. The Hall–Kier alpha value is -2.11. The van der Waals surface area contributed by atoms with Crippen LogP contribution in [0.4, 0.5) is 4.39 Å². The van der Waals surface area contributed by atoms with Crippen LogP contribution in [0.2, 0.25) is 10.0 Å². The van der Waals surface area contributed by atoms with Gasteiger partial charge in [0, 0.05) is 24.7 Å². The van der Waals surface area contributed by atoms with E-state index in [2.05, 4.69) is 5.32 Å². The van der Waals surface area contributed by atoms with E-state index in [9.17, 15) is 14.0 Å². The normalized spacial score (nSPS) is 14.9. The van der Waals surface area contributed by atoms with E-state index in [0.29, 0.717) is 35.2 Å². The molecule has 1 N–H and O–H groups in total.